The first kappa shape index (κ1) is 14.8. The number of esters is 1. The predicted molar refractivity (Wildman–Crippen MR) is 69.0 cm³/mol. The summed E-state index contributed by atoms with van der Waals surface area (Å²) >= 11 is 0.738. The third-order valence-corrected chi connectivity index (χ3v) is 2.95. The maximum atomic E-state index is 13.1. The summed E-state index contributed by atoms with van der Waals surface area (Å²) in [5.41, 5.74) is -0.427. The van der Waals surface area contributed by atoms with Crippen molar-refractivity contribution in [2.45, 2.75) is 6.92 Å². The van der Waals surface area contributed by atoms with Crippen LogP contribution in [0.1, 0.15) is 16.7 Å². The van der Waals surface area contributed by atoms with Crippen molar-refractivity contribution in [1.82, 2.24) is 10.2 Å². The molecular formula is C11H8FN3O5S. The number of benzene rings is 1. The van der Waals surface area contributed by atoms with E-state index in [0.717, 1.165) is 29.5 Å². The van der Waals surface area contributed by atoms with Crippen molar-refractivity contribution in [2.75, 3.05) is 6.61 Å². The average molecular weight is 313 g/mol. The van der Waals surface area contributed by atoms with Crippen molar-refractivity contribution in [1.29, 1.82) is 0 Å². The smallest absolute Gasteiger partial charge is 0.369 e. The maximum absolute atomic E-state index is 13.1. The van der Waals surface area contributed by atoms with Crippen LogP contribution in [0, 0.1) is 15.9 Å². The van der Waals surface area contributed by atoms with Gasteiger partial charge in [-0.25, -0.2) is 9.18 Å². The molecule has 0 amide bonds. The number of hydrogen-bond donors (Lipinski definition) is 0. The Labute approximate surface area is 121 Å². The number of nitrogens with zero attached hydrogens (tertiary/aromatic N) is 3. The van der Waals surface area contributed by atoms with Crippen LogP contribution in [-0.4, -0.2) is 27.7 Å². The lowest BCUT2D eigenvalue weighted by atomic mass is 10.3. The first-order valence-corrected chi connectivity index (χ1v) is 6.45. The van der Waals surface area contributed by atoms with Crippen molar-refractivity contribution in [3.63, 3.8) is 0 Å². The van der Waals surface area contributed by atoms with E-state index in [0.29, 0.717) is 0 Å². The van der Waals surface area contributed by atoms with E-state index in [1.165, 1.54) is 0 Å². The van der Waals surface area contributed by atoms with Gasteiger partial charge in [-0.2, -0.15) is 0 Å². The van der Waals surface area contributed by atoms with Crippen LogP contribution >= 0.6 is 11.3 Å². The van der Waals surface area contributed by atoms with Crippen LogP contribution in [-0.2, 0) is 4.74 Å². The number of nitro groups is 1. The summed E-state index contributed by atoms with van der Waals surface area (Å²) < 4.78 is 23.0. The van der Waals surface area contributed by atoms with Gasteiger partial charge in [-0.15, -0.1) is 5.10 Å². The Morgan fingerprint density at radius 1 is 1.48 bits per heavy atom. The van der Waals surface area contributed by atoms with Crippen LogP contribution < -0.4 is 4.74 Å². The summed E-state index contributed by atoms with van der Waals surface area (Å²) in [6, 6.07) is 2.76. The molecule has 0 radical (unpaired) electrons. The highest BCUT2D eigenvalue weighted by Crippen LogP contribution is 2.33. The molecule has 10 heteroatoms. The van der Waals surface area contributed by atoms with Crippen molar-refractivity contribution in [2.24, 2.45) is 0 Å². The van der Waals surface area contributed by atoms with Gasteiger partial charge in [0.05, 0.1) is 11.5 Å². The first-order valence-electron chi connectivity index (χ1n) is 5.63. The van der Waals surface area contributed by atoms with Crippen LogP contribution in [0.25, 0.3) is 0 Å². The SMILES string of the molecule is CCOC(=O)c1nnc(Oc2cc(F)ccc2[N+](=O)[O-])s1. The van der Waals surface area contributed by atoms with E-state index in [1.807, 2.05) is 0 Å². The van der Waals surface area contributed by atoms with E-state index in [2.05, 4.69) is 10.2 Å². The van der Waals surface area contributed by atoms with Crippen molar-refractivity contribution in [3.8, 4) is 10.9 Å². The van der Waals surface area contributed by atoms with E-state index in [4.69, 9.17) is 9.47 Å². The molecule has 0 saturated carbocycles. The van der Waals surface area contributed by atoms with Gasteiger partial charge in [0.25, 0.3) is 5.19 Å². The molecular weight excluding hydrogens is 305 g/mol. The topological polar surface area (TPSA) is 104 Å². The zero-order valence-corrected chi connectivity index (χ0v) is 11.4. The number of nitro benzene ring substituents is 1. The summed E-state index contributed by atoms with van der Waals surface area (Å²) in [6.45, 7) is 1.80. The standard InChI is InChI=1S/C11H8FN3O5S/c1-2-19-10(16)9-13-14-11(21-9)20-8-5-6(12)3-4-7(8)15(17)18/h3-5H,2H2,1H3. The summed E-state index contributed by atoms with van der Waals surface area (Å²) in [5.74, 6) is -1.71. The minimum Gasteiger partial charge on any atom is -0.461 e. The highest BCUT2D eigenvalue weighted by atomic mass is 32.1. The number of carbonyl (C=O) groups excluding carboxylic acids is 1. The average Bonchev–Trinajstić information content (AvgIpc) is 2.87. The first-order chi connectivity index (χ1) is 10.0. The van der Waals surface area contributed by atoms with Crippen LogP contribution in [0.4, 0.5) is 10.1 Å². The molecule has 0 aliphatic carbocycles. The van der Waals surface area contributed by atoms with Gasteiger partial charge < -0.3 is 9.47 Å². The van der Waals surface area contributed by atoms with Gasteiger partial charge in [0.1, 0.15) is 5.82 Å². The largest absolute Gasteiger partial charge is 0.461 e. The van der Waals surface area contributed by atoms with Gasteiger partial charge >= 0.3 is 11.7 Å². The third-order valence-electron chi connectivity index (χ3n) is 2.17. The number of ether oxygens (including phenoxy) is 2. The second kappa shape index (κ2) is 6.22. The molecule has 2 rings (SSSR count). The fourth-order valence-electron chi connectivity index (χ4n) is 1.34. The summed E-state index contributed by atoms with van der Waals surface area (Å²) in [4.78, 5) is 21.5. The minimum absolute atomic E-state index is 0.0640. The van der Waals surface area contributed by atoms with Gasteiger partial charge in [-0.1, -0.05) is 5.10 Å². The monoisotopic (exact) mass is 313 g/mol. The van der Waals surface area contributed by atoms with Crippen LogP contribution in [0.3, 0.4) is 0 Å². The summed E-state index contributed by atoms with van der Waals surface area (Å²) in [6.07, 6.45) is 0. The third kappa shape index (κ3) is 3.48. The number of aromatic nitrogens is 2. The van der Waals surface area contributed by atoms with Gasteiger partial charge in [0.2, 0.25) is 10.8 Å². The van der Waals surface area contributed by atoms with Crippen LogP contribution in [0.5, 0.6) is 10.9 Å². The number of halogens is 1. The highest BCUT2D eigenvalue weighted by Gasteiger charge is 2.20. The molecule has 0 saturated heterocycles. The van der Waals surface area contributed by atoms with E-state index in [1.54, 1.807) is 6.92 Å². The van der Waals surface area contributed by atoms with Crippen molar-refractivity contribution in [3.05, 3.63) is 39.1 Å². The molecule has 0 fully saturated rings. The molecule has 0 spiro atoms. The molecule has 0 aliphatic heterocycles. The number of hydrogen-bond acceptors (Lipinski definition) is 8. The molecule has 2 aromatic rings. The quantitative estimate of drug-likeness (QED) is 0.474. The summed E-state index contributed by atoms with van der Waals surface area (Å²) in [7, 11) is 0. The molecule has 0 aliphatic rings. The molecule has 8 nitrogen and oxygen atoms in total. The van der Waals surface area contributed by atoms with Gasteiger partial charge in [0, 0.05) is 12.1 Å². The van der Waals surface area contributed by atoms with E-state index < -0.39 is 22.4 Å². The predicted octanol–water partition coefficient (Wildman–Crippen LogP) is 2.55. The molecule has 0 atom stereocenters. The molecule has 21 heavy (non-hydrogen) atoms. The Morgan fingerprint density at radius 2 is 2.24 bits per heavy atom. The normalized spacial score (nSPS) is 10.2. The lowest BCUT2D eigenvalue weighted by Crippen LogP contribution is -2.03. The summed E-state index contributed by atoms with van der Waals surface area (Å²) in [5, 5.41) is 17.7. The zero-order chi connectivity index (χ0) is 15.4. The van der Waals surface area contributed by atoms with Gasteiger partial charge in [-0.05, 0) is 24.3 Å². The Morgan fingerprint density at radius 3 is 2.90 bits per heavy atom. The van der Waals surface area contributed by atoms with E-state index in [9.17, 15) is 19.3 Å². The fourth-order valence-corrected chi connectivity index (χ4v) is 1.94. The second-order valence-electron chi connectivity index (χ2n) is 3.56. The number of carbonyl (C=O) groups is 1. The minimum atomic E-state index is -0.720. The van der Waals surface area contributed by atoms with E-state index in [-0.39, 0.29) is 22.6 Å². The zero-order valence-electron chi connectivity index (χ0n) is 10.6. The molecule has 110 valence electrons. The van der Waals surface area contributed by atoms with Crippen LogP contribution in [0.2, 0.25) is 0 Å². The van der Waals surface area contributed by atoms with Crippen molar-refractivity contribution < 1.29 is 23.6 Å². The van der Waals surface area contributed by atoms with Gasteiger partial charge in [-0.3, -0.25) is 10.1 Å². The second-order valence-corrected chi connectivity index (χ2v) is 4.50. The molecule has 1 aromatic heterocycles. The van der Waals surface area contributed by atoms with Crippen molar-refractivity contribution >= 4 is 23.0 Å². The van der Waals surface area contributed by atoms with E-state index >= 15 is 0 Å². The van der Waals surface area contributed by atoms with Gasteiger partial charge in [0.15, 0.2) is 0 Å². The maximum Gasteiger partial charge on any atom is 0.369 e. The lowest BCUT2D eigenvalue weighted by Gasteiger charge is -2.02. The molecule has 0 bridgehead atoms. The fraction of sp³-hybridized carbons (Fsp3) is 0.182. The van der Waals surface area contributed by atoms with Crippen LogP contribution in [0.15, 0.2) is 18.2 Å². The Kier molecular flexibility index (Phi) is 4.38. The lowest BCUT2D eigenvalue weighted by molar-refractivity contribution is -0.385. The molecule has 0 N–H and O–H groups in total. The Hall–Kier alpha value is -2.62. The molecule has 1 aromatic carbocycles. The molecule has 1 heterocycles. The Bertz CT molecular complexity index is 690. The number of rotatable bonds is 5. The Balaban J connectivity index is 2.24. The molecule has 0 unspecified atom stereocenters. The highest BCUT2D eigenvalue weighted by molar-refractivity contribution is 7.14.